The van der Waals surface area contributed by atoms with Gasteiger partial charge in [-0.15, -0.1) is 0 Å². The number of alkyl halides is 3. The van der Waals surface area contributed by atoms with E-state index in [4.69, 9.17) is 0 Å². The lowest BCUT2D eigenvalue weighted by Gasteiger charge is -2.30. The second-order valence-electron chi connectivity index (χ2n) is 7.25. The Kier molecular flexibility index (Phi) is 5.55. The SMILES string of the molecule is Cc1nc(N2CC=C(c3ccc(F)cc3)[C@@H](O)C2)nc(=O)n1Cn1ccc(C(F)(F)F)n1. The number of aromatic nitrogens is 5. The average Bonchev–Trinajstić information content (AvgIpc) is 3.21. The van der Waals surface area contributed by atoms with Crippen molar-refractivity contribution >= 4 is 11.5 Å². The zero-order valence-electron chi connectivity index (χ0n) is 16.8. The largest absolute Gasteiger partial charge is 0.435 e. The molecule has 0 amide bonds. The minimum absolute atomic E-state index is 0.0913. The number of hydrogen-bond donors (Lipinski definition) is 1. The Bertz CT molecular complexity index is 1220. The molecule has 168 valence electrons. The Morgan fingerprint density at radius 3 is 2.47 bits per heavy atom. The van der Waals surface area contributed by atoms with Crippen molar-refractivity contribution in [2.45, 2.75) is 25.9 Å². The van der Waals surface area contributed by atoms with E-state index in [1.54, 1.807) is 23.1 Å². The molecule has 0 bridgehead atoms. The third-order valence-corrected chi connectivity index (χ3v) is 5.04. The number of aliphatic hydroxyl groups excluding tert-OH is 1. The number of halogens is 4. The lowest BCUT2D eigenvalue weighted by Crippen LogP contribution is -2.40. The van der Waals surface area contributed by atoms with Crippen LogP contribution in [0.4, 0.5) is 23.5 Å². The third-order valence-electron chi connectivity index (χ3n) is 5.04. The van der Waals surface area contributed by atoms with Crippen LogP contribution in [-0.4, -0.2) is 48.6 Å². The predicted octanol–water partition coefficient (Wildman–Crippen LogP) is 2.07. The fraction of sp³-hybridized carbons (Fsp3) is 0.300. The van der Waals surface area contributed by atoms with Gasteiger partial charge in [0.05, 0.1) is 12.6 Å². The molecule has 0 saturated carbocycles. The van der Waals surface area contributed by atoms with E-state index in [1.165, 1.54) is 19.1 Å². The van der Waals surface area contributed by atoms with Crippen LogP contribution in [-0.2, 0) is 12.8 Å². The van der Waals surface area contributed by atoms with Crippen LogP contribution in [0.15, 0.2) is 47.4 Å². The van der Waals surface area contributed by atoms with Crippen LogP contribution in [0.2, 0.25) is 0 Å². The minimum Gasteiger partial charge on any atom is -0.387 e. The molecule has 12 heteroatoms. The summed E-state index contributed by atoms with van der Waals surface area (Å²) in [5.74, 6) is -0.0593. The number of hydrogen-bond acceptors (Lipinski definition) is 6. The smallest absolute Gasteiger partial charge is 0.387 e. The van der Waals surface area contributed by atoms with E-state index >= 15 is 0 Å². The molecule has 1 aliphatic heterocycles. The van der Waals surface area contributed by atoms with Crippen molar-refractivity contribution in [2.75, 3.05) is 18.0 Å². The van der Waals surface area contributed by atoms with Crippen LogP contribution < -0.4 is 10.6 Å². The topological polar surface area (TPSA) is 89.1 Å². The highest BCUT2D eigenvalue weighted by Crippen LogP contribution is 2.27. The molecule has 0 aliphatic carbocycles. The van der Waals surface area contributed by atoms with Crippen LogP contribution in [0.25, 0.3) is 5.57 Å². The van der Waals surface area contributed by atoms with Crippen molar-refractivity contribution in [3.8, 4) is 0 Å². The molecular formula is C20H18F4N6O2. The van der Waals surface area contributed by atoms with Crippen molar-refractivity contribution in [1.29, 1.82) is 0 Å². The summed E-state index contributed by atoms with van der Waals surface area (Å²) in [4.78, 5) is 22.3. The monoisotopic (exact) mass is 450 g/mol. The molecule has 0 radical (unpaired) electrons. The van der Waals surface area contributed by atoms with Gasteiger partial charge in [0.2, 0.25) is 5.95 Å². The van der Waals surface area contributed by atoms with Crippen molar-refractivity contribution in [3.63, 3.8) is 0 Å². The molecule has 8 nitrogen and oxygen atoms in total. The van der Waals surface area contributed by atoms with Crippen LogP contribution in [0.1, 0.15) is 17.1 Å². The van der Waals surface area contributed by atoms with E-state index < -0.39 is 23.7 Å². The number of anilines is 1. The number of nitrogens with zero attached hydrogens (tertiary/aromatic N) is 6. The summed E-state index contributed by atoms with van der Waals surface area (Å²) >= 11 is 0. The first kappa shape index (κ1) is 21.7. The van der Waals surface area contributed by atoms with Gasteiger partial charge in [0, 0.05) is 12.7 Å². The highest BCUT2D eigenvalue weighted by molar-refractivity contribution is 5.71. The third kappa shape index (κ3) is 4.40. The molecule has 0 spiro atoms. The van der Waals surface area contributed by atoms with Gasteiger partial charge in [0.15, 0.2) is 5.69 Å². The molecule has 1 aromatic carbocycles. The van der Waals surface area contributed by atoms with E-state index in [9.17, 15) is 27.5 Å². The first-order valence-corrected chi connectivity index (χ1v) is 9.57. The van der Waals surface area contributed by atoms with E-state index in [0.717, 1.165) is 21.5 Å². The summed E-state index contributed by atoms with van der Waals surface area (Å²) < 4.78 is 53.4. The van der Waals surface area contributed by atoms with E-state index in [1.807, 2.05) is 0 Å². The van der Waals surface area contributed by atoms with E-state index in [2.05, 4.69) is 15.1 Å². The van der Waals surface area contributed by atoms with Gasteiger partial charge in [0.1, 0.15) is 18.3 Å². The van der Waals surface area contributed by atoms with E-state index in [0.29, 0.717) is 17.7 Å². The van der Waals surface area contributed by atoms with Gasteiger partial charge in [-0.3, -0.25) is 9.25 Å². The van der Waals surface area contributed by atoms with Crippen LogP contribution in [0.5, 0.6) is 0 Å². The lowest BCUT2D eigenvalue weighted by molar-refractivity contribution is -0.141. The van der Waals surface area contributed by atoms with Gasteiger partial charge in [-0.05, 0) is 36.3 Å². The molecule has 2 aromatic heterocycles. The number of rotatable bonds is 4. The molecule has 0 fully saturated rings. The van der Waals surface area contributed by atoms with Crippen molar-refractivity contribution in [2.24, 2.45) is 0 Å². The van der Waals surface area contributed by atoms with Gasteiger partial charge < -0.3 is 10.0 Å². The summed E-state index contributed by atoms with van der Waals surface area (Å²) in [5, 5.41) is 14.0. The maximum absolute atomic E-state index is 13.1. The van der Waals surface area contributed by atoms with Gasteiger partial charge >= 0.3 is 11.9 Å². The fourth-order valence-electron chi connectivity index (χ4n) is 3.40. The molecule has 1 N–H and O–H groups in total. The molecular weight excluding hydrogens is 432 g/mol. The summed E-state index contributed by atoms with van der Waals surface area (Å²) in [7, 11) is 0. The van der Waals surface area contributed by atoms with Gasteiger partial charge in [-0.2, -0.15) is 28.2 Å². The van der Waals surface area contributed by atoms with E-state index in [-0.39, 0.29) is 30.8 Å². The minimum atomic E-state index is -4.58. The molecule has 0 unspecified atom stereocenters. The van der Waals surface area contributed by atoms with Gasteiger partial charge in [-0.25, -0.2) is 9.18 Å². The summed E-state index contributed by atoms with van der Waals surface area (Å²) in [6, 6.07) is 6.57. The number of aryl methyl sites for hydroxylation is 1. The molecule has 1 aliphatic rings. The first-order valence-electron chi connectivity index (χ1n) is 9.57. The standard InChI is InChI=1S/C20H18F4N6O2/c1-12-25-18(26-19(32)30(12)11-29-9-7-17(27-29)20(22,23)24)28-8-6-15(16(31)10-28)13-2-4-14(21)5-3-13/h2-7,9,16,31H,8,10-11H2,1H3/t16-/m0/s1. The molecule has 3 heterocycles. The number of β-amino-alcohol motifs (C(OH)–C–C–N with tert-alkyl or cyclic N) is 1. The Morgan fingerprint density at radius 1 is 1.16 bits per heavy atom. The second kappa shape index (κ2) is 8.19. The van der Waals surface area contributed by atoms with Gasteiger partial charge in [0.25, 0.3) is 0 Å². The second-order valence-corrected chi connectivity index (χ2v) is 7.25. The zero-order valence-corrected chi connectivity index (χ0v) is 16.8. The maximum atomic E-state index is 13.1. The van der Waals surface area contributed by atoms with Crippen molar-refractivity contribution < 1.29 is 22.7 Å². The highest BCUT2D eigenvalue weighted by Gasteiger charge is 2.33. The normalized spacial score (nSPS) is 16.9. The summed E-state index contributed by atoms with van der Waals surface area (Å²) in [6.45, 7) is 1.67. The first-order chi connectivity index (χ1) is 15.1. The molecule has 4 rings (SSSR count). The Morgan fingerprint density at radius 2 is 1.88 bits per heavy atom. The quantitative estimate of drug-likeness (QED) is 0.613. The average molecular weight is 450 g/mol. The molecule has 0 saturated heterocycles. The van der Waals surface area contributed by atoms with Gasteiger partial charge in [-0.1, -0.05) is 18.2 Å². The Balaban J connectivity index is 1.54. The van der Waals surface area contributed by atoms with Crippen LogP contribution in [0.3, 0.4) is 0 Å². The highest BCUT2D eigenvalue weighted by atomic mass is 19.4. The molecule has 1 atom stereocenters. The Hall–Kier alpha value is -3.54. The molecule has 3 aromatic rings. The zero-order chi connectivity index (χ0) is 23.0. The number of benzene rings is 1. The van der Waals surface area contributed by atoms with Crippen molar-refractivity contribution in [1.82, 2.24) is 24.3 Å². The molecule has 32 heavy (non-hydrogen) atoms. The Labute approximate surface area is 179 Å². The van der Waals surface area contributed by atoms with Crippen LogP contribution in [0, 0.1) is 12.7 Å². The number of aliphatic hydroxyl groups is 1. The summed E-state index contributed by atoms with van der Waals surface area (Å²) in [5.41, 5.74) is -0.458. The summed E-state index contributed by atoms with van der Waals surface area (Å²) in [6.07, 6.45) is -2.63. The lowest BCUT2D eigenvalue weighted by atomic mass is 9.97. The van der Waals surface area contributed by atoms with Crippen molar-refractivity contribution in [3.05, 3.63) is 76.0 Å². The maximum Gasteiger partial charge on any atom is 0.435 e. The fourth-order valence-corrected chi connectivity index (χ4v) is 3.40. The predicted molar refractivity (Wildman–Crippen MR) is 106 cm³/mol. The van der Waals surface area contributed by atoms with Crippen LogP contribution >= 0.6 is 0 Å².